The van der Waals surface area contributed by atoms with Crippen molar-refractivity contribution in [2.45, 2.75) is 32.6 Å². The zero-order valence-corrected chi connectivity index (χ0v) is 13.4. The fourth-order valence-corrected chi connectivity index (χ4v) is 2.78. The number of carbonyl (C=O) groups is 1. The lowest BCUT2D eigenvalue weighted by Crippen LogP contribution is -2.34. The summed E-state index contributed by atoms with van der Waals surface area (Å²) in [5, 5.41) is 8.62. The molecule has 0 radical (unpaired) electrons. The van der Waals surface area contributed by atoms with Gasteiger partial charge in [-0.25, -0.2) is 0 Å². The van der Waals surface area contributed by atoms with Crippen molar-refractivity contribution in [1.29, 1.82) is 0 Å². The Morgan fingerprint density at radius 2 is 2.00 bits per heavy atom. The van der Waals surface area contributed by atoms with E-state index in [0.717, 1.165) is 16.3 Å². The van der Waals surface area contributed by atoms with Gasteiger partial charge in [0.25, 0.3) is 0 Å². The molecule has 0 saturated heterocycles. The number of carboxylic acids is 1. The third-order valence-electron chi connectivity index (χ3n) is 3.39. The zero-order chi connectivity index (χ0) is 16.0. The van der Waals surface area contributed by atoms with E-state index in [1.54, 1.807) is 12.1 Å². The predicted octanol–water partition coefficient (Wildman–Crippen LogP) is 2.26. The largest absolute Gasteiger partial charge is 0.481 e. The number of rotatable bonds is 8. The number of nitrogens with zero attached hydrogens (tertiary/aromatic N) is 1. The Kier molecular flexibility index (Phi) is 6.17. The molecule has 1 aromatic rings. The second kappa shape index (κ2) is 7.42. The summed E-state index contributed by atoms with van der Waals surface area (Å²) in [4.78, 5) is 10.5. The van der Waals surface area contributed by atoms with Gasteiger partial charge in [0.05, 0.1) is 12.1 Å². The van der Waals surface area contributed by atoms with Gasteiger partial charge in [-0.05, 0) is 24.0 Å². The van der Waals surface area contributed by atoms with Gasteiger partial charge in [0.2, 0.25) is 0 Å². The summed E-state index contributed by atoms with van der Waals surface area (Å²) >= 11 is 0. The molecule has 1 rings (SSSR count). The van der Waals surface area contributed by atoms with Crippen LogP contribution in [0.4, 0.5) is 5.69 Å². The molecule has 0 aromatic heterocycles. The molecule has 1 aromatic carbocycles. The van der Waals surface area contributed by atoms with Gasteiger partial charge >= 0.3 is 16.2 Å². The molecule has 0 fully saturated rings. The number of carboxylic acid groups (broad SMARTS) is 1. The highest BCUT2D eigenvalue weighted by Crippen LogP contribution is 2.27. The van der Waals surface area contributed by atoms with Crippen LogP contribution in [-0.4, -0.2) is 37.4 Å². The van der Waals surface area contributed by atoms with Crippen molar-refractivity contribution in [1.82, 2.24) is 4.31 Å². The third-order valence-corrected chi connectivity index (χ3v) is 4.87. The summed E-state index contributed by atoms with van der Waals surface area (Å²) in [5.41, 5.74) is 1.46. The van der Waals surface area contributed by atoms with Crippen molar-refractivity contribution < 1.29 is 18.3 Å². The number of aliphatic carboxylic acids is 1. The first-order chi connectivity index (χ1) is 9.77. The van der Waals surface area contributed by atoms with E-state index in [4.69, 9.17) is 5.11 Å². The third kappa shape index (κ3) is 5.02. The zero-order valence-electron chi connectivity index (χ0n) is 12.5. The van der Waals surface area contributed by atoms with Crippen LogP contribution in [0.2, 0.25) is 0 Å². The van der Waals surface area contributed by atoms with E-state index in [9.17, 15) is 13.2 Å². The first-order valence-corrected chi connectivity index (χ1v) is 8.26. The fraction of sp³-hybridized carbons (Fsp3) is 0.500. The van der Waals surface area contributed by atoms with Crippen molar-refractivity contribution in [2.75, 3.05) is 18.3 Å². The lowest BCUT2D eigenvalue weighted by molar-refractivity contribution is -0.137. The Balaban J connectivity index is 2.91. The summed E-state index contributed by atoms with van der Waals surface area (Å²) in [5.74, 6) is -0.801. The molecule has 1 atom stereocenters. The van der Waals surface area contributed by atoms with Gasteiger partial charge in [-0.3, -0.25) is 9.52 Å². The Hall–Kier alpha value is -1.60. The van der Waals surface area contributed by atoms with Crippen molar-refractivity contribution >= 4 is 21.9 Å². The monoisotopic (exact) mass is 314 g/mol. The molecule has 0 spiro atoms. The average molecular weight is 314 g/mol. The molecular weight excluding hydrogens is 292 g/mol. The molecule has 0 aliphatic rings. The molecule has 118 valence electrons. The molecule has 1 unspecified atom stereocenters. The molecule has 7 heteroatoms. The lowest BCUT2D eigenvalue weighted by Gasteiger charge is -2.20. The van der Waals surface area contributed by atoms with Crippen molar-refractivity contribution in [3.8, 4) is 0 Å². The van der Waals surface area contributed by atoms with Crippen LogP contribution >= 0.6 is 0 Å². The summed E-state index contributed by atoms with van der Waals surface area (Å²) in [6.07, 6.45) is 0.665. The van der Waals surface area contributed by atoms with Gasteiger partial charge in [0.1, 0.15) is 0 Å². The minimum absolute atomic E-state index is 0.0732. The Morgan fingerprint density at radius 3 is 2.57 bits per heavy atom. The second-order valence-electron chi connectivity index (χ2n) is 4.97. The number of anilines is 1. The molecule has 0 amide bonds. The van der Waals surface area contributed by atoms with Gasteiger partial charge in [-0.1, -0.05) is 32.0 Å². The predicted molar refractivity (Wildman–Crippen MR) is 82.6 cm³/mol. The van der Waals surface area contributed by atoms with Gasteiger partial charge in [-0.2, -0.15) is 12.7 Å². The van der Waals surface area contributed by atoms with Crippen LogP contribution in [0.5, 0.6) is 0 Å². The normalized spacial score (nSPS) is 13.1. The highest BCUT2D eigenvalue weighted by molar-refractivity contribution is 7.90. The van der Waals surface area contributed by atoms with E-state index in [-0.39, 0.29) is 18.9 Å². The molecule has 0 heterocycles. The first-order valence-electron chi connectivity index (χ1n) is 6.82. The minimum Gasteiger partial charge on any atom is -0.481 e. The molecule has 0 aliphatic carbocycles. The summed E-state index contributed by atoms with van der Waals surface area (Å²) in [6, 6.07) is 7.24. The van der Waals surface area contributed by atoms with Crippen LogP contribution in [0.25, 0.3) is 0 Å². The number of benzene rings is 1. The van der Waals surface area contributed by atoms with Crippen LogP contribution in [0.3, 0.4) is 0 Å². The quantitative estimate of drug-likeness (QED) is 0.770. The van der Waals surface area contributed by atoms with E-state index >= 15 is 0 Å². The fourth-order valence-electron chi connectivity index (χ4n) is 1.83. The molecule has 0 aliphatic heterocycles. The molecule has 6 nitrogen and oxygen atoms in total. The van der Waals surface area contributed by atoms with Gasteiger partial charge in [0.15, 0.2) is 0 Å². The summed E-state index contributed by atoms with van der Waals surface area (Å²) in [6.45, 7) is 3.99. The van der Waals surface area contributed by atoms with Crippen LogP contribution in [0, 0.1) is 0 Å². The van der Waals surface area contributed by atoms with Crippen LogP contribution in [0.15, 0.2) is 24.3 Å². The molecule has 21 heavy (non-hydrogen) atoms. The maximum Gasteiger partial charge on any atom is 0.304 e. The van der Waals surface area contributed by atoms with Crippen LogP contribution < -0.4 is 4.72 Å². The van der Waals surface area contributed by atoms with E-state index in [1.807, 2.05) is 26.0 Å². The van der Waals surface area contributed by atoms with E-state index in [0.29, 0.717) is 5.69 Å². The minimum atomic E-state index is -3.75. The molecule has 0 saturated carbocycles. The average Bonchev–Trinajstić information content (AvgIpc) is 2.43. The summed E-state index contributed by atoms with van der Waals surface area (Å²) < 4.78 is 27.9. The standard InChI is InChI=1S/C14H22N2O4S/c1-4-11(2)12-7-5-6-8-13(12)15-21(19,20)16(3)10-9-14(17)18/h5-8,11,15H,4,9-10H2,1-3H3,(H,17,18). The number of nitrogens with one attached hydrogen (secondary N) is 1. The maximum absolute atomic E-state index is 12.2. The van der Waals surface area contributed by atoms with Gasteiger partial charge in [0, 0.05) is 13.6 Å². The SMILES string of the molecule is CCC(C)c1ccccc1NS(=O)(=O)N(C)CCC(=O)O. The lowest BCUT2D eigenvalue weighted by atomic mass is 9.97. The summed E-state index contributed by atoms with van der Waals surface area (Å²) in [7, 11) is -2.39. The number of para-hydroxylation sites is 1. The molecule has 0 bridgehead atoms. The first kappa shape index (κ1) is 17.5. The van der Waals surface area contributed by atoms with Gasteiger partial charge in [-0.15, -0.1) is 0 Å². The van der Waals surface area contributed by atoms with Gasteiger partial charge < -0.3 is 5.11 Å². The number of hydrogen-bond acceptors (Lipinski definition) is 3. The van der Waals surface area contributed by atoms with Crippen molar-refractivity contribution in [3.05, 3.63) is 29.8 Å². The van der Waals surface area contributed by atoms with E-state index in [1.165, 1.54) is 7.05 Å². The van der Waals surface area contributed by atoms with Crippen LogP contribution in [-0.2, 0) is 15.0 Å². The van der Waals surface area contributed by atoms with E-state index < -0.39 is 16.2 Å². The Morgan fingerprint density at radius 1 is 1.38 bits per heavy atom. The molecule has 2 N–H and O–H groups in total. The Labute approximate surface area is 126 Å². The Bertz CT molecular complexity index is 586. The maximum atomic E-state index is 12.2. The molecular formula is C14H22N2O4S. The topological polar surface area (TPSA) is 86.7 Å². The number of hydrogen-bond donors (Lipinski definition) is 2. The van der Waals surface area contributed by atoms with Crippen molar-refractivity contribution in [2.24, 2.45) is 0 Å². The highest BCUT2D eigenvalue weighted by atomic mass is 32.2. The van der Waals surface area contributed by atoms with Crippen molar-refractivity contribution in [3.63, 3.8) is 0 Å². The van der Waals surface area contributed by atoms with E-state index in [2.05, 4.69) is 4.72 Å². The second-order valence-corrected chi connectivity index (χ2v) is 6.75. The highest BCUT2D eigenvalue weighted by Gasteiger charge is 2.20. The smallest absolute Gasteiger partial charge is 0.304 e. The van der Waals surface area contributed by atoms with Crippen LogP contribution in [0.1, 0.15) is 38.2 Å².